The highest BCUT2D eigenvalue weighted by Gasteiger charge is 2.19. The molecule has 0 spiro atoms. The Kier molecular flexibility index (Phi) is 49.5. The zero-order valence-electron chi connectivity index (χ0n) is 42.0. The number of rotatable bonds is 46. The molecule has 65 heavy (non-hydrogen) atoms. The molecule has 1 atom stereocenters. The van der Waals surface area contributed by atoms with Crippen LogP contribution in [0.5, 0.6) is 0 Å². The largest absolute Gasteiger partial charge is 0.462 e. The molecule has 0 saturated carbocycles. The number of carbonyl (C=O) groups excluding carboxylic acids is 3. The molecular formula is C59H96O6. The third kappa shape index (κ3) is 50.9. The average molecular weight is 901 g/mol. The van der Waals surface area contributed by atoms with Gasteiger partial charge in [0.25, 0.3) is 0 Å². The summed E-state index contributed by atoms with van der Waals surface area (Å²) in [6.45, 7) is 6.32. The van der Waals surface area contributed by atoms with Crippen LogP contribution in [-0.4, -0.2) is 37.2 Å². The van der Waals surface area contributed by atoms with Gasteiger partial charge in [0.05, 0.1) is 0 Å². The Morgan fingerprint density at radius 1 is 0.338 bits per heavy atom. The van der Waals surface area contributed by atoms with Gasteiger partial charge in [0.1, 0.15) is 13.2 Å². The van der Waals surface area contributed by atoms with Gasteiger partial charge in [-0.25, -0.2) is 0 Å². The van der Waals surface area contributed by atoms with Crippen molar-refractivity contribution in [3.63, 3.8) is 0 Å². The molecule has 1 unspecified atom stereocenters. The number of carbonyl (C=O) groups is 3. The van der Waals surface area contributed by atoms with Crippen LogP contribution < -0.4 is 0 Å². The third-order valence-electron chi connectivity index (χ3n) is 10.9. The molecule has 0 aromatic carbocycles. The Morgan fingerprint density at radius 2 is 0.677 bits per heavy atom. The first-order valence-corrected chi connectivity index (χ1v) is 26.5. The Labute approximate surface area is 400 Å². The smallest absolute Gasteiger partial charge is 0.306 e. The molecule has 0 amide bonds. The molecule has 6 nitrogen and oxygen atoms in total. The third-order valence-corrected chi connectivity index (χ3v) is 10.9. The van der Waals surface area contributed by atoms with Crippen molar-refractivity contribution in [3.05, 3.63) is 109 Å². The van der Waals surface area contributed by atoms with Crippen LogP contribution in [0.2, 0.25) is 0 Å². The first-order valence-electron chi connectivity index (χ1n) is 26.5. The van der Waals surface area contributed by atoms with Crippen LogP contribution in [0.25, 0.3) is 0 Å². The molecule has 0 aliphatic rings. The molecule has 368 valence electrons. The highest BCUT2D eigenvalue weighted by molar-refractivity contribution is 5.71. The highest BCUT2D eigenvalue weighted by atomic mass is 16.6. The standard InChI is InChI=1S/C59H96O6/c1-4-7-10-13-16-19-22-25-28-31-34-37-40-43-46-49-52-58(61)64-55-56(54-63-57(60)51-48-45-42-39-36-33-30-27-24-21-18-15-12-9-6-3)65-59(62)53-50-47-44-41-38-35-32-29-26-23-20-17-14-11-8-5-2/h7,9-10,12,15-16,18-19,21,24-25,27-30,32-33,36,56H,4-6,8,11,13-14,17,20,22-23,26,31,34-35,37-55H2,1-3H3/b10-7-,12-9-,18-15-,19-16-,24-21-,28-25-,30-27-,32-29-,36-33-. The molecule has 0 bridgehead atoms. The van der Waals surface area contributed by atoms with Gasteiger partial charge in [0.2, 0.25) is 0 Å². The van der Waals surface area contributed by atoms with Crippen molar-refractivity contribution in [1.82, 2.24) is 0 Å². The summed E-state index contributed by atoms with van der Waals surface area (Å²) in [5.74, 6) is -0.971. The summed E-state index contributed by atoms with van der Waals surface area (Å²) in [5, 5.41) is 0. The van der Waals surface area contributed by atoms with Crippen LogP contribution in [0, 0.1) is 0 Å². The SMILES string of the molecule is CC\C=C/C=C\C=C/C=C\C=C/CCCCCC(=O)OCC(COC(=O)CCCCCCCC/C=C\C/C=C\C/C=C\CC)OC(=O)CCCCCCC/C=C\CCCCCCCCC. The van der Waals surface area contributed by atoms with E-state index in [4.69, 9.17) is 14.2 Å². The Hall–Kier alpha value is -3.93. The van der Waals surface area contributed by atoms with Gasteiger partial charge in [0.15, 0.2) is 6.10 Å². The summed E-state index contributed by atoms with van der Waals surface area (Å²) in [6.07, 6.45) is 70.7. The molecule has 0 radical (unpaired) electrons. The van der Waals surface area contributed by atoms with Crippen LogP contribution in [-0.2, 0) is 28.6 Å². The molecule has 0 heterocycles. The molecule has 0 saturated heterocycles. The minimum Gasteiger partial charge on any atom is -0.462 e. The van der Waals surface area contributed by atoms with Crippen molar-refractivity contribution in [2.24, 2.45) is 0 Å². The van der Waals surface area contributed by atoms with Crippen molar-refractivity contribution >= 4 is 17.9 Å². The Balaban J connectivity index is 4.51. The van der Waals surface area contributed by atoms with Crippen LogP contribution in [0.1, 0.15) is 226 Å². The molecule has 0 N–H and O–H groups in total. The van der Waals surface area contributed by atoms with E-state index in [-0.39, 0.29) is 31.1 Å². The van der Waals surface area contributed by atoms with E-state index in [0.717, 1.165) is 116 Å². The minimum atomic E-state index is -0.807. The number of esters is 3. The normalized spacial score (nSPS) is 13.0. The zero-order valence-corrected chi connectivity index (χ0v) is 42.0. The predicted octanol–water partition coefficient (Wildman–Crippen LogP) is 17.5. The van der Waals surface area contributed by atoms with Crippen molar-refractivity contribution in [2.75, 3.05) is 13.2 Å². The van der Waals surface area contributed by atoms with E-state index in [1.165, 1.54) is 70.6 Å². The van der Waals surface area contributed by atoms with Crippen molar-refractivity contribution in [3.8, 4) is 0 Å². The molecule has 0 aromatic heterocycles. The van der Waals surface area contributed by atoms with E-state index in [9.17, 15) is 14.4 Å². The minimum absolute atomic E-state index is 0.104. The fourth-order valence-corrected chi connectivity index (χ4v) is 6.94. The molecule has 0 aliphatic carbocycles. The predicted molar refractivity (Wildman–Crippen MR) is 279 cm³/mol. The van der Waals surface area contributed by atoms with Crippen LogP contribution in [0.15, 0.2) is 109 Å². The van der Waals surface area contributed by atoms with E-state index in [2.05, 4.69) is 81.5 Å². The van der Waals surface area contributed by atoms with Gasteiger partial charge in [-0.05, 0) is 96.3 Å². The van der Waals surface area contributed by atoms with Crippen LogP contribution >= 0.6 is 0 Å². The van der Waals surface area contributed by atoms with E-state index >= 15 is 0 Å². The Morgan fingerprint density at radius 3 is 1.15 bits per heavy atom. The fraction of sp³-hybridized carbons (Fsp3) is 0.644. The second kappa shape index (κ2) is 52.7. The van der Waals surface area contributed by atoms with E-state index in [1.807, 2.05) is 48.6 Å². The van der Waals surface area contributed by atoms with Crippen molar-refractivity contribution in [2.45, 2.75) is 232 Å². The molecule has 0 rings (SSSR count). The topological polar surface area (TPSA) is 78.9 Å². The maximum absolute atomic E-state index is 12.8. The van der Waals surface area contributed by atoms with Gasteiger partial charge >= 0.3 is 17.9 Å². The highest BCUT2D eigenvalue weighted by Crippen LogP contribution is 2.14. The summed E-state index contributed by atoms with van der Waals surface area (Å²) in [4.78, 5) is 38.0. The lowest BCUT2D eigenvalue weighted by atomic mass is 10.1. The number of hydrogen-bond acceptors (Lipinski definition) is 6. The lowest BCUT2D eigenvalue weighted by molar-refractivity contribution is -0.167. The maximum atomic E-state index is 12.8. The first-order chi connectivity index (χ1) is 32.0. The number of hydrogen-bond donors (Lipinski definition) is 0. The van der Waals surface area contributed by atoms with Gasteiger partial charge < -0.3 is 14.2 Å². The maximum Gasteiger partial charge on any atom is 0.306 e. The second-order valence-electron chi connectivity index (χ2n) is 17.1. The van der Waals surface area contributed by atoms with E-state index < -0.39 is 6.10 Å². The quantitative estimate of drug-likeness (QED) is 0.0199. The average Bonchev–Trinajstić information content (AvgIpc) is 3.30. The number of allylic oxidation sites excluding steroid dienone is 18. The lowest BCUT2D eigenvalue weighted by Gasteiger charge is -2.18. The number of ether oxygens (including phenoxy) is 3. The van der Waals surface area contributed by atoms with Gasteiger partial charge in [-0.1, -0.05) is 220 Å². The summed E-state index contributed by atoms with van der Waals surface area (Å²) in [7, 11) is 0. The fourth-order valence-electron chi connectivity index (χ4n) is 6.94. The summed E-state index contributed by atoms with van der Waals surface area (Å²) >= 11 is 0. The molecule has 0 aliphatic heterocycles. The summed E-state index contributed by atoms with van der Waals surface area (Å²) in [5.41, 5.74) is 0. The molecule has 0 fully saturated rings. The van der Waals surface area contributed by atoms with Gasteiger partial charge in [-0.15, -0.1) is 0 Å². The summed E-state index contributed by atoms with van der Waals surface area (Å²) < 4.78 is 16.8. The monoisotopic (exact) mass is 901 g/mol. The van der Waals surface area contributed by atoms with Crippen molar-refractivity contribution in [1.29, 1.82) is 0 Å². The van der Waals surface area contributed by atoms with Gasteiger partial charge in [-0.2, -0.15) is 0 Å². The van der Waals surface area contributed by atoms with E-state index in [1.54, 1.807) is 0 Å². The van der Waals surface area contributed by atoms with Gasteiger partial charge in [0, 0.05) is 19.3 Å². The molecule has 0 aromatic rings. The van der Waals surface area contributed by atoms with Crippen molar-refractivity contribution < 1.29 is 28.6 Å². The second-order valence-corrected chi connectivity index (χ2v) is 17.1. The number of unbranched alkanes of at least 4 members (excludes halogenated alkanes) is 21. The molecule has 6 heteroatoms. The van der Waals surface area contributed by atoms with Crippen LogP contribution in [0.3, 0.4) is 0 Å². The Bertz CT molecular complexity index is 1360. The summed E-state index contributed by atoms with van der Waals surface area (Å²) in [6, 6.07) is 0. The lowest BCUT2D eigenvalue weighted by Crippen LogP contribution is -2.30. The van der Waals surface area contributed by atoms with Crippen LogP contribution in [0.4, 0.5) is 0 Å². The van der Waals surface area contributed by atoms with E-state index in [0.29, 0.717) is 19.3 Å². The first kappa shape index (κ1) is 61.1. The van der Waals surface area contributed by atoms with Gasteiger partial charge in [-0.3, -0.25) is 14.4 Å². The molecular weight excluding hydrogens is 805 g/mol. The zero-order chi connectivity index (χ0) is 47.2.